The van der Waals surface area contributed by atoms with Crippen LogP contribution in [0.3, 0.4) is 0 Å². The number of para-hydroxylation sites is 1. The van der Waals surface area contributed by atoms with Gasteiger partial charge in [-0.1, -0.05) is 56.1 Å². The molecular weight excluding hydrogens is 378 g/mol. The van der Waals surface area contributed by atoms with Crippen LogP contribution in [0.1, 0.15) is 24.5 Å². The van der Waals surface area contributed by atoms with Crippen molar-refractivity contribution in [3.8, 4) is 0 Å². The van der Waals surface area contributed by atoms with Crippen molar-refractivity contribution in [2.75, 3.05) is 4.90 Å². The zero-order valence-corrected chi connectivity index (χ0v) is 14.6. The summed E-state index contributed by atoms with van der Waals surface area (Å²) in [6.45, 7) is 2.31. The maximum absolute atomic E-state index is 3.62. The molecule has 20 heavy (non-hydrogen) atoms. The molecule has 1 nitrogen and oxygen atoms in total. The topological polar surface area (TPSA) is 3.24 Å². The van der Waals surface area contributed by atoms with E-state index in [4.69, 9.17) is 0 Å². The van der Waals surface area contributed by atoms with Crippen LogP contribution in [0, 0.1) is 0 Å². The Kier molecular flexibility index (Phi) is 4.18. The number of benzene rings is 2. The number of hydrogen-bond acceptors (Lipinski definition) is 1. The summed E-state index contributed by atoms with van der Waals surface area (Å²) in [5.41, 5.74) is 5.44. The highest BCUT2D eigenvalue weighted by molar-refractivity contribution is 9.10. The van der Waals surface area contributed by atoms with Gasteiger partial charge in [0.25, 0.3) is 0 Å². The Labute approximate surface area is 137 Å². The minimum Gasteiger partial charge on any atom is -0.338 e. The van der Waals surface area contributed by atoms with E-state index < -0.39 is 0 Å². The Balaban J connectivity index is 2.16. The molecule has 0 radical (unpaired) electrons. The van der Waals surface area contributed by atoms with Crippen LogP contribution in [0.2, 0.25) is 0 Å². The molecule has 0 amide bonds. The smallest absolute Gasteiger partial charge is 0.0465 e. The van der Waals surface area contributed by atoms with E-state index in [1.165, 1.54) is 35.3 Å². The summed E-state index contributed by atoms with van der Waals surface area (Å²) in [7, 11) is 0. The molecule has 0 saturated carbocycles. The number of anilines is 2. The van der Waals surface area contributed by atoms with Gasteiger partial charge >= 0.3 is 0 Å². The van der Waals surface area contributed by atoms with E-state index in [9.17, 15) is 0 Å². The lowest BCUT2D eigenvalue weighted by Crippen LogP contribution is -2.33. The minimum absolute atomic E-state index is 0.525. The first-order chi connectivity index (χ1) is 9.70. The SMILES string of the molecule is CC1CCc2ccccc2N1c1cc(Br)ccc1CBr. The molecule has 0 N–H and O–H groups in total. The average Bonchev–Trinajstić information content (AvgIpc) is 2.47. The van der Waals surface area contributed by atoms with Crippen LogP contribution >= 0.6 is 31.9 Å². The number of nitrogens with zero attached hydrogens (tertiary/aromatic N) is 1. The number of aryl methyl sites for hydroxylation is 1. The second-order valence-corrected chi connectivity index (χ2v) is 6.77. The molecule has 2 aromatic rings. The Hall–Kier alpha value is -0.800. The largest absolute Gasteiger partial charge is 0.338 e. The Bertz CT molecular complexity index is 624. The Morgan fingerprint density at radius 1 is 1.15 bits per heavy atom. The lowest BCUT2D eigenvalue weighted by atomic mass is 9.95. The third-order valence-corrected chi connectivity index (χ3v) is 5.07. The van der Waals surface area contributed by atoms with Crippen molar-refractivity contribution in [3.05, 3.63) is 58.1 Å². The van der Waals surface area contributed by atoms with Gasteiger partial charge in [-0.15, -0.1) is 0 Å². The third-order valence-electron chi connectivity index (χ3n) is 3.97. The lowest BCUT2D eigenvalue weighted by Gasteiger charge is -2.38. The number of halogens is 2. The average molecular weight is 395 g/mol. The van der Waals surface area contributed by atoms with E-state index in [0.29, 0.717) is 6.04 Å². The maximum Gasteiger partial charge on any atom is 0.0465 e. The van der Waals surface area contributed by atoms with Gasteiger partial charge in [0.05, 0.1) is 0 Å². The van der Waals surface area contributed by atoms with Gasteiger partial charge in [-0.2, -0.15) is 0 Å². The summed E-state index contributed by atoms with van der Waals surface area (Å²) in [6, 6.07) is 15.8. The molecular formula is C17H17Br2N. The molecule has 1 heterocycles. The van der Waals surface area contributed by atoms with Crippen molar-refractivity contribution in [1.29, 1.82) is 0 Å². The highest BCUT2D eigenvalue weighted by atomic mass is 79.9. The molecule has 0 bridgehead atoms. The van der Waals surface area contributed by atoms with Crippen molar-refractivity contribution in [2.45, 2.75) is 31.1 Å². The number of alkyl halides is 1. The second kappa shape index (κ2) is 5.90. The van der Waals surface area contributed by atoms with Gasteiger partial charge in [-0.05, 0) is 49.1 Å². The summed E-state index contributed by atoms with van der Waals surface area (Å²) in [4.78, 5) is 2.49. The molecule has 0 fully saturated rings. The molecule has 1 unspecified atom stereocenters. The summed E-state index contributed by atoms with van der Waals surface area (Å²) < 4.78 is 1.13. The Morgan fingerprint density at radius 2 is 1.95 bits per heavy atom. The van der Waals surface area contributed by atoms with Crippen LogP contribution in [-0.4, -0.2) is 6.04 Å². The van der Waals surface area contributed by atoms with Crippen LogP contribution in [-0.2, 0) is 11.8 Å². The molecule has 1 aliphatic heterocycles. The molecule has 1 aliphatic rings. The number of hydrogen-bond donors (Lipinski definition) is 0. The number of rotatable bonds is 2. The van der Waals surface area contributed by atoms with E-state index in [1.54, 1.807) is 0 Å². The standard InChI is InChI=1S/C17H17Br2N/c1-12-6-7-13-4-2-3-5-16(13)20(12)17-10-15(19)9-8-14(17)11-18/h2-5,8-10,12H,6-7,11H2,1H3. The fourth-order valence-electron chi connectivity index (χ4n) is 2.93. The highest BCUT2D eigenvalue weighted by Gasteiger charge is 2.25. The Morgan fingerprint density at radius 3 is 2.75 bits per heavy atom. The van der Waals surface area contributed by atoms with Crippen molar-refractivity contribution in [1.82, 2.24) is 0 Å². The van der Waals surface area contributed by atoms with Gasteiger partial charge < -0.3 is 4.90 Å². The van der Waals surface area contributed by atoms with Crippen LogP contribution in [0.4, 0.5) is 11.4 Å². The monoisotopic (exact) mass is 393 g/mol. The van der Waals surface area contributed by atoms with E-state index >= 15 is 0 Å². The van der Waals surface area contributed by atoms with Gasteiger partial charge in [0.1, 0.15) is 0 Å². The lowest BCUT2D eigenvalue weighted by molar-refractivity contribution is 0.617. The first kappa shape index (κ1) is 14.2. The summed E-state index contributed by atoms with van der Waals surface area (Å²) in [5.74, 6) is 0. The summed E-state index contributed by atoms with van der Waals surface area (Å²) in [6.07, 6.45) is 2.37. The zero-order chi connectivity index (χ0) is 14.1. The molecule has 0 spiro atoms. The van der Waals surface area contributed by atoms with Crippen LogP contribution in [0.25, 0.3) is 0 Å². The molecule has 2 aromatic carbocycles. The molecule has 1 atom stereocenters. The van der Waals surface area contributed by atoms with Gasteiger partial charge in [0.15, 0.2) is 0 Å². The fraction of sp³-hybridized carbons (Fsp3) is 0.294. The van der Waals surface area contributed by atoms with Crippen molar-refractivity contribution < 1.29 is 0 Å². The van der Waals surface area contributed by atoms with Crippen molar-refractivity contribution in [2.24, 2.45) is 0 Å². The molecule has 0 saturated heterocycles. The molecule has 0 aliphatic carbocycles. The van der Waals surface area contributed by atoms with E-state index in [0.717, 1.165) is 9.80 Å². The van der Waals surface area contributed by atoms with Crippen molar-refractivity contribution in [3.63, 3.8) is 0 Å². The highest BCUT2D eigenvalue weighted by Crippen LogP contribution is 2.39. The van der Waals surface area contributed by atoms with Gasteiger partial charge in [0, 0.05) is 27.2 Å². The summed E-state index contributed by atoms with van der Waals surface area (Å²) in [5, 5.41) is 0.876. The maximum atomic E-state index is 3.62. The van der Waals surface area contributed by atoms with Gasteiger partial charge in [0.2, 0.25) is 0 Å². The van der Waals surface area contributed by atoms with E-state index in [1.807, 2.05) is 0 Å². The predicted octanol–water partition coefficient (Wildman–Crippen LogP) is 5.82. The zero-order valence-electron chi connectivity index (χ0n) is 11.4. The van der Waals surface area contributed by atoms with Crippen LogP contribution < -0.4 is 4.90 Å². The first-order valence-electron chi connectivity index (χ1n) is 6.92. The quantitative estimate of drug-likeness (QED) is 0.580. The van der Waals surface area contributed by atoms with Gasteiger partial charge in [-0.3, -0.25) is 0 Å². The van der Waals surface area contributed by atoms with Crippen LogP contribution in [0.15, 0.2) is 46.9 Å². The van der Waals surface area contributed by atoms with E-state index in [-0.39, 0.29) is 0 Å². The molecule has 0 aromatic heterocycles. The molecule has 3 rings (SSSR count). The summed E-state index contributed by atoms with van der Waals surface area (Å²) >= 11 is 7.23. The van der Waals surface area contributed by atoms with E-state index in [2.05, 4.69) is 86.1 Å². The molecule has 104 valence electrons. The fourth-order valence-corrected chi connectivity index (χ4v) is 3.75. The van der Waals surface area contributed by atoms with Gasteiger partial charge in [-0.25, -0.2) is 0 Å². The van der Waals surface area contributed by atoms with Crippen molar-refractivity contribution >= 4 is 43.2 Å². The minimum atomic E-state index is 0.525. The third kappa shape index (κ3) is 2.53. The first-order valence-corrected chi connectivity index (χ1v) is 8.83. The predicted molar refractivity (Wildman–Crippen MR) is 93.1 cm³/mol. The normalized spacial score (nSPS) is 17.9. The molecule has 3 heteroatoms. The van der Waals surface area contributed by atoms with Crippen LogP contribution in [0.5, 0.6) is 0 Å². The number of fused-ring (bicyclic) bond motifs is 1. The second-order valence-electron chi connectivity index (χ2n) is 5.29.